The lowest BCUT2D eigenvalue weighted by Gasteiger charge is -2.00. The van der Waals surface area contributed by atoms with Crippen LogP contribution in [0.4, 0.5) is 10.1 Å². The van der Waals surface area contributed by atoms with E-state index in [1.807, 2.05) is 0 Å². The van der Waals surface area contributed by atoms with Crippen molar-refractivity contribution < 1.29 is 14.3 Å². The average molecular weight is 183 g/mol. The fourth-order valence-electron chi connectivity index (χ4n) is 0.977. The Morgan fingerprint density at radius 3 is 2.77 bits per heavy atom. The maximum Gasteiger partial charge on any atom is 0.303 e. The number of hydrogen-bond acceptors (Lipinski definition) is 2. The molecule has 1 aromatic carbocycles. The minimum atomic E-state index is -0.891. The SMILES string of the molecule is Nc1ccc(CCC(=O)O)cc1F. The molecule has 0 aliphatic heterocycles. The topological polar surface area (TPSA) is 63.3 Å². The highest BCUT2D eigenvalue weighted by molar-refractivity contribution is 5.67. The summed E-state index contributed by atoms with van der Waals surface area (Å²) < 4.78 is 12.8. The van der Waals surface area contributed by atoms with Gasteiger partial charge in [-0.2, -0.15) is 0 Å². The van der Waals surface area contributed by atoms with Gasteiger partial charge in [0.2, 0.25) is 0 Å². The van der Waals surface area contributed by atoms with Gasteiger partial charge in [0.25, 0.3) is 0 Å². The summed E-state index contributed by atoms with van der Waals surface area (Å²) in [7, 11) is 0. The van der Waals surface area contributed by atoms with Crippen LogP contribution in [0.5, 0.6) is 0 Å². The molecule has 0 atom stereocenters. The molecule has 0 unspecified atom stereocenters. The van der Waals surface area contributed by atoms with Gasteiger partial charge in [-0.3, -0.25) is 4.79 Å². The Labute approximate surface area is 75.0 Å². The van der Waals surface area contributed by atoms with Crippen LogP contribution in [0.25, 0.3) is 0 Å². The molecule has 0 aliphatic rings. The van der Waals surface area contributed by atoms with E-state index >= 15 is 0 Å². The molecule has 0 aromatic heterocycles. The average Bonchev–Trinajstić information content (AvgIpc) is 2.07. The number of hydrogen-bond donors (Lipinski definition) is 2. The monoisotopic (exact) mass is 183 g/mol. The summed E-state index contributed by atoms with van der Waals surface area (Å²) in [5.74, 6) is -1.39. The molecule has 0 aliphatic carbocycles. The van der Waals surface area contributed by atoms with Crippen molar-refractivity contribution in [3.05, 3.63) is 29.6 Å². The molecular weight excluding hydrogens is 173 g/mol. The standard InChI is InChI=1S/C9H10FNO2/c10-7-5-6(1-3-8(7)11)2-4-9(12)13/h1,3,5H,2,4,11H2,(H,12,13). The van der Waals surface area contributed by atoms with E-state index < -0.39 is 11.8 Å². The van der Waals surface area contributed by atoms with E-state index in [0.29, 0.717) is 12.0 Å². The van der Waals surface area contributed by atoms with Gasteiger partial charge in [-0.05, 0) is 24.1 Å². The second-order valence-electron chi connectivity index (χ2n) is 2.75. The molecule has 13 heavy (non-hydrogen) atoms. The number of carboxylic acids is 1. The second-order valence-corrected chi connectivity index (χ2v) is 2.75. The molecule has 0 saturated heterocycles. The van der Waals surface area contributed by atoms with Crippen molar-refractivity contribution in [2.75, 3.05) is 5.73 Å². The quantitative estimate of drug-likeness (QED) is 0.696. The van der Waals surface area contributed by atoms with Crippen LogP contribution in [0, 0.1) is 5.82 Å². The maximum absolute atomic E-state index is 12.8. The lowest BCUT2D eigenvalue weighted by molar-refractivity contribution is -0.136. The van der Waals surface area contributed by atoms with Gasteiger partial charge in [0, 0.05) is 6.42 Å². The van der Waals surface area contributed by atoms with E-state index in [1.165, 1.54) is 12.1 Å². The summed E-state index contributed by atoms with van der Waals surface area (Å²) in [6, 6.07) is 4.33. The number of carboxylic acid groups (broad SMARTS) is 1. The highest BCUT2D eigenvalue weighted by atomic mass is 19.1. The van der Waals surface area contributed by atoms with E-state index in [4.69, 9.17) is 10.8 Å². The molecular formula is C9H10FNO2. The van der Waals surface area contributed by atoms with Gasteiger partial charge < -0.3 is 10.8 Å². The fourth-order valence-corrected chi connectivity index (χ4v) is 0.977. The normalized spacial score (nSPS) is 9.92. The van der Waals surface area contributed by atoms with E-state index in [9.17, 15) is 9.18 Å². The van der Waals surface area contributed by atoms with Crippen LogP contribution in [0.2, 0.25) is 0 Å². The Bertz CT molecular complexity index is 325. The van der Waals surface area contributed by atoms with Crippen LogP contribution in [0.3, 0.4) is 0 Å². The number of anilines is 1. The third kappa shape index (κ3) is 2.74. The van der Waals surface area contributed by atoms with Crippen LogP contribution < -0.4 is 5.73 Å². The number of aryl methyl sites for hydroxylation is 1. The van der Waals surface area contributed by atoms with Crippen molar-refractivity contribution in [3.8, 4) is 0 Å². The highest BCUT2D eigenvalue weighted by Crippen LogP contribution is 2.13. The highest BCUT2D eigenvalue weighted by Gasteiger charge is 2.02. The van der Waals surface area contributed by atoms with Crippen LogP contribution in [0.1, 0.15) is 12.0 Å². The number of nitrogens with two attached hydrogens (primary N) is 1. The summed E-state index contributed by atoms with van der Waals surface area (Å²) in [5, 5.41) is 8.38. The second kappa shape index (κ2) is 3.89. The molecule has 0 fully saturated rings. The first-order valence-corrected chi connectivity index (χ1v) is 3.85. The van der Waals surface area contributed by atoms with E-state index in [0.717, 1.165) is 0 Å². The van der Waals surface area contributed by atoms with E-state index in [2.05, 4.69) is 0 Å². The first-order valence-electron chi connectivity index (χ1n) is 3.85. The molecule has 4 heteroatoms. The predicted octanol–water partition coefficient (Wildman–Crippen LogP) is 1.43. The number of carbonyl (C=O) groups is 1. The smallest absolute Gasteiger partial charge is 0.303 e. The van der Waals surface area contributed by atoms with Crippen molar-refractivity contribution in [3.63, 3.8) is 0 Å². The minimum absolute atomic E-state index is 0.00333. The van der Waals surface area contributed by atoms with Crippen LogP contribution in [-0.2, 0) is 11.2 Å². The van der Waals surface area contributed by atoms with Crippen molar-refractivity contribution in [1.82, 2.24) is 0 Å². The molecule has 1 rings (SSSR count). The molecule has 3 nitrogen and oxygen atoms in total. The number of rotatable bonds is 3. The molecule has 0 heterocycles. The fraction of sp³-hybridized carbons (Fsp3) is 0.222. The summed E-state index contributed by atoms with van der Waals surface area (Å²) in [4.78, 5) is 10.2. The molecule has 0 bridgehead atoms. The summed E-state index contributed by atoms with van der Waals surface area (Å²) >= 11 is 0. The zero-order chi connectivity index (χ0) is 9.84. The summed E-state index contributed by atoms with van der Waals surface area (Å²) in [6.45, 7) is 0. The predicted molar refractivity (Wildman–Crippen MR) is 46.8 cm³/mol. The Morgan fingerprint density at radius 1 is 1.54 bits per heavy atom. The number of benzene rings is 1. The van der Waals surface area contributed by atoms with Crippen LogP contribution in [-0.4, -0.2) is 11.1 Å². The largest absolute Gasteiger partial charge is 0.481 e. The first kappa shape index (κ1) is 9.51. The molecule has 70 valence electrons. The van der Waals surface area contributed by atoms with Gasteiger partial charge in [-0.15, -0.1) is 0 Å². The van der Waals surface area contributed by atoms with Crippen LogP contribution in [0.15, 0.2) is 18.2 Å². The van der Waals surface area contributed by atoms with E-state index in [1.54, 1.807) is 6.07 Å². The third-order valence-electron chi connectivity index (χ3n) is 1.69. The third-order valence-corrected chi connectivity index (χ3v) is 1.69. The zero-order valence-electron chi connectivity index (χ0n) is 6.96. The first-order chi connectivity index (χ1) is 6.09. The van der Waals surface area contributed by atoms with Gasteiger partial charge in [-0.25, -0.2) is 4.39 Å². The molecule has 0 radical (unpaired) electrons. The van der Waals surface area contributed by atoms with Crippen molar-refractivity contribution in [2.45, 2.75) is 12.8 Å². The van der Waals surface area contributed by atoms with Gasteiger partial charge in [0.05, 0.1) is 5.69 Å². The maximum atomic E-state index is 12.8. The van der Waals surface area contributed by atoms with Crippen molar-refractivity contribution >= 4 is 11.7 Å². The van der Waals surface area contributed by atoms with Gasteiger partial charge in [0.15, 0.2) is 0 Å². The van der Waals surface area contributed by atoms with Crippen molar-refractivity contribution in [1.29, 1.82) is 0 Å². The lowest BCUT2D eigenvalue weighted by Crippen LogP contribution is -1.98. The Kier molecular flexibility index (Phi) is 2.84. The van der Waals surface area contributed by atoms with Crippen molar-refractivity contribution in [2.24, 2.45) is 0 Å². The Balaban J connectivity index is 2.68. The molecule has 1 aromatic rings. The molecule has 0 spiro atoms. The Morgan fingerprint density at radius 2 is 2.23 bits per heavy atom. The van der Waals surface area contributed by atoms with Gasteiger partial charge in [-0.1, -0.05) is 6.07 Å². The Hall–Kier alpha value is -1.58. The number of aliphatic carboxylic acids is 1. The number of halogens is 1. The lowest BCUT2D eigenvalue weighted by atomic mass is 10.1. The van der Waals surface area contributed by atoms with E-state index in [-0.39, 0.29) is 12.1 Å². The minimum Gasteiger partial charge on any atom is -0.481 e. The van der Waals surface area contributed by atoms with Gasteiger partial charge in [0.1, 0.15) is 5.82 Å². The molecule has 0 saturated carbocycles. The summed E-state index contributed by atoms with van der Waals surface area (Å²) in [6.07, 6.45) is 0.329. The van der Waals surface area contributed by atoms with Crippen LogP contribution >= 0.6 is 0 Å². The molecule has 0 amide bonds. The zero-order valence-corrected chi connectivity index (χ0v) is 6.96. The molecule has 3 N–H and O–H groups in total. The number of nitrogen functional groups attached to an aromatic ring is 1. The summed E-state index contributed by atoms with van der Waals surface area (Å²) in [5.41, 5.74) is 5.98. The van der Waals surface area contributed by atoms with Gasteiger partial charge >= 0.3 is 5.97 Å².